The number of hydrogen-bond donors (Lipinski definition) is 0. The van der Waals surface area contributed by atoms with E-state index in [4.69, 9.17) is 4.42 Å². The van der Waals surface area contributed by atoms with Crippen molar-refractivity contribution in [3.05, 3.63) is 83.9 Å². The molecule has 0 aliphatic carbocycles. The van der Waals surface area contributed by atoms with Gasteiger partial charge in [-0.05, 0) is 53.9 Å². The maximum absolute atomic E-state index is 13.1. The molecular weight excluding hydrogens is 327 g/mol. The number of benzene rings is 2. The first-order valence-corrected chi connectivity index (χ1v) is 8.73. The smallest absolute Gasteiger partial charge is 0.233 e. The third-order valence-electron chi connectivity index (χ3n) is 4.46. The second-order valence-electron chi connectivity index (χ2n) is 6.79. The molecule has 130 valence electrons. The van der Waals surface area contributed by atoms with Gasteiger partial charge in [-0.2, -0.15) is 4.57 Å². The Bertz CT molecular complexity index is 1050. The molecule has 0 aliphatic rings. The van der Waals surface area contributed by atoms with Gasteiger partial charge in [0.25, 0.3) is 0 Å². The van der Waals surface area contributed by atoms with E-state index in [0.29, 0.717) is 18.4 Å². The van der Waals surface area contributed by atoms with Crippen molar-refractivity contribution in [3.8, 4) is 11.5 Å². The Morgan fingerprint density at radius 1 is 1.08 bits per heavy atom. The van der Waals surface area contributed by atoms with E-state index in [0.717, 1.165) is 22.2 Å². The number of halogens is 1. The molecule has 0 radical (unpaired) electrons. The number of hydrogen-bond acceptors (Lipinski definition) is 2. The average molecular weight is 347 g/mol. The van der Waals surface area contributed by atoms with Gasteiger partial charge in [-0.1, -0.05) is 19.9 Å². The predicted octanol–water partition coefficient (Wildman–Crippen LogP) is 5.09. The van der Waals surface area contributed by atoms with Crippen LogP contribution in [-0.2, 0) is 6.54 Å². The number of nitrogens with zero attached hydrogens (tertiary/aromatic N) is 2. The molecule has 0 amide bonds. The summed E-state index contributed by atoms with van der Waals surface area (Å²) in [5, 5.41) is 0. The van der Waals surface area contributed by atoms with Crippen molar-refractivity contribution in [2.45, 2.75) is 26.3 Å². The summed E-state index contributed by atoms with van der Waals surface area (Å²) in [6.07, 6.45) is 3.98. The van der Waals surface area contributed by atoms with Gasteiger partial charge >= 0.3 is 0 Å². The van der Waals surface area contributed by atoms with Crippen LogP contribution in [0.2, 0.25) is 0 Å². The summed E-state index contributed by atoms with van der Waals surface area (Å²) in [5.74, 6) is 0.836. The molecule has 3 nitrogen and oxygen atoms in total. The van der Waals surface area contributed by atoms with Gasteiger partial charge < -0.3 is 4.42 Å². The molecule has 0 saturated carbocycles. The Labute approximate surface area is 151 Å². The normalized spacial score (nSPS) is 11.4. The topological polar surface area (TPSA) is 29.9 Å². The van der Waals surface area contributed by atoms with Crippen LogP contribution >= 0.6 is 0 Å². The van der Waals surface area contributed by atoms with E-state index >= 15 is 0 Å². The Balaban J connectivity index is 1.65. The summed E-state index contributed by atoms with van der Waals surface area (Å²) in [7, 11) is 0. The molecule has 2 aromatic heterocycles. The molecule has 4 aromatic rings. The molecule has 4 rings (SSSR count). The molecular formula is C22H20FN2O+. The highest BCUT2D eigenvalue weighted by Gasteiger charge is 2.13. The van der Waals surface area contributed by atoms with E-state index < -0.39 is 0 Å². The standard InChI is InChI=1S/C22H20FN2O/c1-15(2)17-7-10-21-20(12-17)24-22(26-21)18-4-3-11-25(14-18)13-16-5-8-19(23)9-6-16/h3-12,14-15H,13H2,1-2H3/q+1. The number of aromatic nitrogens is 2. The van der Waals surface area contributed by atoms with Gasteiger partial charge in [-0.25, -0.2) is 9.37 Å². The van der Waals surface area contributed by atoms with Crippen molar-refractivity contribution in [1.29, 1.82) is 0 Å². The Kier molecular flexibility index (Phi) is 4.25. The second kappa shape index (κ2) is 6.71. The van der Waals surface area contributed by atoms with Crippen LogP contribution in [0, 0.1) is 5.82 Å². The van der Waals surface area contributed by atoms with Gasteiger partial charge in [-0.15, -0.1) is 0 Å². The predicted molar refractivity (Wildman–Crippen MR) is 99.2 cm³/mol. The zero-order valence-corrected chi connectivity index (χ0v) is 14.8. The van der Waals surface area contributed by atoms with Gasteiger partial charge in [0.1, 0.15) is 16.9 Å². The van der Waals surface area contributed by atoms with Crippen molar-refractivity contribution in [2.75, 3.05) is 0 Å². The lowest BCUT2D eigenvalue weighted by Gasteiger charge is -2.02. The SMILES string of the molecule is CC(C)c1ccc2oc(-c3ccc[n+](Cc4ccc(F)cc4)c3)nc2c1. The summed E-state index contributed by atoms with van der Waals surface area (Å²) in [4.78, 5) is 4.66. The lowest BCUT2D eigenvalue weighted by atomic mass is 10.0. The summed E-state index contributed by atoms with van der Waals surface area (Å²) in [6, 6.07) is 16.6. The second-order valence-corrected chi connectivity index (χ2v) is 6.79. The third kappa shape index (κ3) is 3.36. The van der Waals surface area contributed by atoms with Crippen LogP contribution < -0.4 is 4.57 Å². The first-order chi connectivity index (χ1) is 12.6. The van der Waals surface area contributed by atoms with Crippen molar-refractivity contribution < 1.29 is 13.4 Å². The van der Waals surface area contributed by atoms with Crippen LogP contribution in [0.3, 0.4) is 0 Å². The summed E-state index contributed by atoms with van der Waals surface area (Å²) in [6.45, 7) is 4.99. The van der Waals surface area contributed by atoms with Gasteiger partial charge in [0, 0.05) is 11.6 Å². The molecule has 0 N–H and O–H groups in total. The highest BCUT2D eigenvalue weighted by atomic mass is 19.1. The van der Waals surface area contributed by atoms with Crippen LogP contribution in [0.25, 0.3) is 22.6 Å². The number of oxazole rings is 1. The highest BCUT2D eigenvalue weighted by Crippen LogP contribution is 2.26. The molecule has 0 atom stereocenters. The number of pyridine rings is 1. The molecule has 4 heteroatoms. The Morgan fingerprint density at radius 2 is 1.88 bits per heavy atom. The van der Waals surface area contributed by atoms with Crippen molar-refractivity contribution in [1.82, 2.24) is 4.98 Å². The Morgan fingerprint density at radius 3 is 2.65 bits per heavy atom. The van der Waals surface area contributed by atoms with E-state index in [-0.39, 0.29) is 5.82 Å². The molecule has 26 heavy (non-hydrogen) atoms. The minimum Gasteiger partial charge on any atom is -0.436 e. The van der Waals surface area contributed by atoms with Crippen LogP contribution in [0.1, 0.15) is 30.9 Å². The maximum Gasteiger partial charge on any atom is 0.233 e. The monoisotopic (exact) mass is 347 g/mol. The molecule has 0 aliphatic heterocycles. The Hall–Kier alpha value is -3.01. The molecule has 0 unspecified atom stereocenters. The first-order valence-electron chi connectivity index (χ1n) is 8.73. The van der Waals surface area contributed by atoms with E-state index in [9.17, 15) is 4.39 Å². The lowest BCUT2D eigenvalue weighted by Crippen LogP contribution is -2.33. The van der Waals surface area contributed by atoms with Crippen LogP contribution in [0.15, 0.2) is 71.4 Å². The fourth-order valence-corrected chi connectivity index (χ4v) is 2.97. The molecule has 0 bridgehead atoms. The fraction of sp³-hybridized carbons (Fsp3) is 0.182. The van der Waals surface area contributed by atoms with Gasteiger partial charge in [-0.3, -0.25) is 0 Å². The zero-order chi connectivity index (χ0) is 18.1. The number of rotatable bonds is 4. The van der Waals surface area contributed by atoms with Crippen LogP contribution in [0.4, 0.5) is 4.39 Å². The fourth-order valence-electron chi connectivity index (χ4n) is 2.97. The van der Waals surface area contributed by atoms with Crippen LogP contribution in [0.5, 0.6) is 0 Å². The summed E-state index contributed by atoms with van der Waals surface area (Å²) in [5.41, 5.74) is 4.86. The van der Waals surface area contributed by atoms with Gasteiger partial charge in [0.05, 0.1) is 0 Å². The highest BCUT2D eigenvalue weighted by molar-refractivity contribution is 5.76. The van der Waals surface area contributed by atoms with Crippen LogP contribution in [-0.4, -0.2) is 4.98 Å². The van der Waals surface area contributed by atoms with Crippen molar-refractivity contribution >= 4 is 11.1 Å². The maximum atomic E-state index is 13.1. The molecule has 0 spiro atoms. The average Bonchev–Trinajstić information content (AvgIpc) is 3.07. The number of fused-ring (bicyclic) bond motifs is 1. The quantitative estimate of drug-likeness (QED) is 0.481. The zero-order valence-electron chi connectivity index (χ0n) is 14.8. The molecule has 0 fully saturated rings. The summed E-state index contributed by atoms with van der Waals surface area (Å²) < 4.78 is 21.0. The van der Waals surface area contributed by atoms with E-state index in [1.165, 1.54) is 17.7 Å². The molecule has 0 saturated heterocycles. The van der Waals surface area contributed by atoms with Crippen molar-refractivity contribution in [3.63, 3.8) is 0 Å². The van der Waals surface area contributed by atoms with Crippen molar-refractivity contribution in [2.24, 2.45) is 0 Å². The summed E-state index contributed by atoms with van der Waals surface area (Å²) >= 11 is 0. The lowest BCUT2D eigenvalue weighted by molar-refractivity contribution is -0.687. The van der Waals surface area contributed by atoms with E-state index in [2.05, 4.69) is 31.0 Å². The minimum absolute atomic E-state index is 0.222. The van der Waals surface area contributed by atoms with Gasteiger partial charge in [0.2, 0.25) is 5.89 Å². The minimum atomic E-state index is -0.222. The first kappa shape index (κ1) is 16.5. The van der Waals surface area contributed by atoms with E-state index in [1.807, 2.05) is 35.2 Å². The van der Waals surface area contributed by atoms with Gasteiger partial charge in [0.15, 0.2) is 24.5 Å². The van der Waals surface area contributed by atoms with E-state index in [1.54, 1.807) is 12.1 Å². The largest absolute Gasteiger partial charge is 0.436 e. The third-order valence-corrected chi connectivity index (χ3v) is 4.46. The molecule has 2 aromatic carbocycles. The molecule has 2 heterocycles.